The fourth-order valence-corrected chi connectivity index (χ4v) is 3.62. The van der Waals surface area contributed by atoms with Crippen LogP contribution in [0, 0.1) is 0 Å². The molecule has 126 valence electrons. The minimum absolute atomic E-state index is 0.0366. The molecule has 0 saturated carbocycles. The predicted molar refractivity (Wildman–Crippen MR) is 110 cm³/mol. The van der Waals surface area contributed by atoms with E-state index >= 15 is 0 Å². The van der Waals surface area contributed by atoms with E-state index in [9.17, 15) is 0 Å². The maximum absolute atomic E-state index is 6.20. The number of benzene rings is 3. The van der Waals surface area contributed by atoms with Crippen LogP contribution in [0.15, 0.2) is 83.9 Å². The van der Waals surface area contributed by atoms with Gasteiger partial charge in [0, 0.05) is 10.0 Å². The zero-order chi connectivity index (χ0) is 17.6. The highest BCUT2D eigenvalue weighted by Crippen LogP contribution is 2.36. The third kappa shape index (κ3) is 5.02. The second-order valence-corrected chi connectivity index (χ2v) is 7.38. The highest BCUT2D eigenvalue weighted by Gasteiger charge is 2.16. The maximum atomic E-state index is 6.20. The second-order valence-electron chi connectivity index (χ2n) is 5.39. The monoisotopic (exact) mass is 386 g/mol. The van der Waals surface area contributed by atoms with E-state index in [1.54, 1.807) is 12.1 Å². The van der Waals surface area contributed by atoms with E-state index in [0.29, 0.717) is 15.2 Å². The molecule has 0 spiro atoms. The molecule has 0 unspecified atom stereocenters. The first-order chi connectivity index (χ1) is 12.1. The van der Waals surface area contributed by atoms with E-state index in [-0.39, 0.29) is 5.25 Å². The van der Waals surface area contributed by atoms with Crippen molar-refractivity contribution in [2.45, 2.75) is 5.25 Å². The highest BCUT2D eigenvalue weighted by atomic mass is 35.5. The summed E-state index contributed by atoms with van der Waals surface area (Å²) >= 11 is 13.4. The molecular formula is C20H16Cl2N2S. The van der Waals surface area contributed by atoms with E-state index in [2.05, 4.69) is 17.1 Å². The van der Waals surface area contributed by atoms with Gasteiger partial charge >= 0.3 is 0 Å². The summed E-state index contributed by atoms with van der Waals surface area (Å²) in [6.45, 7) is 0. The summed E-state index contributed by atoms with van der Waals surface area (Å²) in [6.07, 6.45) is 0. The predicted octanol–water partition coefficient (Wildman–Crippen LogP) is 6.46. The second kappa shape index (κ2) is 8.43. The van der Waals surface area contributed by atoms with Gasteiger partial charge in [0.2, 0.25) is 0 Å². The van der Waals surface area contributed by atoms with Gasteiger partial charge in [-0.15, -0.1) is 0 Å². The van der Waals surface area contributed by atoms with E-state index in [4.69, 9.17) is 28.9 Å². The normalized spacial score (nSPS) is 12.8. The van der Waals surface area contributed by atoms with Crippen molar-refractivity contribution in [3.05, 3.63) is 100 Å². The minimum atomic E-state index is 0.0366. The SMILES string of the molecule is NC(=Nc1ccc(Cl)cc1)S[C@@H](c1ccccc1)c1ccc(Cl)cc1. The highest BCUT2D eigenvalue weighted by molar-refractivity contribution is 8.14. The number of nitrogens with two attached hydrogens (primary N) is 1. The van der Waals surface area contributed by atoms with Crippen molar-refractivity contribution in [1.82, 2.24) is 0 Å². The first-order valence-electron chi connectivity index (χ1n) is 7.68. The summed E-state index contributed by atoms with van der Waals surface area (Å²) in [6, 6.07) is 25.3. The number of hydrogen-bond donors (Lipinski definition) is 1. The lowest BCUT2D eigenvalue weighted by molar-refractivity contribution is 1.16. The Labute approximate surface area is 161 Å². The molecule has 0 amide bonds. The topological polar surface area (TPSA) is 38.4 Å². The Bertz CT molecular complexity index is 847. The molecule has 5 heteroatoms. The van der Waals surface area contributed by atoms with Crippen LogP contribution in [0.5, 0.6) is 0 Å². The molecule has 25 heavy (non-hydrogen) atoms. The first-order valence-corrected chi connectivity index (χ1v) is 9.32. The van der Waals surface area contributed by atoms with Crippen molar-refractivity contribution in [2.75, 3.05) is 0 Å². The summed E-state index contributed by atoms with van der Waals surface area (Å²) in [5, 5.41) is 1.91. The fraction of sp³-hybridized carbons (Fsp3) is 0.0500. The maximum Gasteiger partial charge on any atom is 0.160 e. The standard InChI is InChI=1S/C20H16Cl2N2S/c21-16-8-6-15(7-9-16)19(14-4-2-1-3-5-14)25-20(23)24-18-12-10-17(22)11-13-18/h1-13,19H,(H2,23,24)/t19-/m0/s1. The van der Waals surface area contributed by atoms with Crippen LogP contribution in [0.2, 0.25) is 10.0 Å². The summed E-state index contributed by atoms with van der Waals surface area (Å²) in [7, 11) is 0. The van der Waals surface area contributed by atoms with Crippen LogP contribution in [0.4, 0.5) is 5.69 Å². The average molecular weight is 387 g/mol. The van der Waals surface area contributed by atoms with Gasteiger partial charge in [-0.1, -0.05) is 77.4 Å². The van der Waals surface area contributed by atoms with Crippen molar-refractivity contribution in [2.24, 2.45) is 10.7 Å². The molecule has 2 nitrogen and oxygen atoms in total. The van der Waals surface area contributed by atoms with E-state index in [1.807, 2.05) is 54.6 Å². The molecular weight excluding hydrogens is 371 g/mol. The Kier molecular flexibility index (Phi) is 6.03. The van der Waals surface area contributed by atoms with Crippen molar-refractivity contribution in [3.63, 3.8) is 0 Å². The van der Waals surface area contributed by atoms with Gasteiger partial charge in [0.05, 0.1) is 10.9 Å². The third-order valence-electron chi connectivity index (χ3n) is 3.58. The van der Waals surface area contributed by atoms with Crippen molar-refractivity contribution < 1.29 is 0 Å². The van der Waals surface area contributed by atoms with E-state index in [1.165, 1.54) is 11.8 Å². The molecule has 2 N–H and O–H groups in total. The number of thioether (sulfide) groups is 1. The van der Waals surface area contributed by atoms with Crippen LogP contribution in [-0.2, 0) is 0 Å². The molecule has 3 aromatic carbocycles. The number of hydrogen-bond acceptors (Lipinski definition) is 2. The number of rotatable bonds is 4. The van der Waals surface area contributed by atoms with Crippen molar-refractivity contribution in [3.8, 4) is 0 Å². The third-order valence-corrected chi connectivity index (χ3v) is 5.20. The zero-order valence-electron chi connectivity index (χ0n) is 13.3. The average Bonchev–Trinajstić information content (AvgIpc) is 2.63. The van der Waals surface area contributed by atoms with Crippen LogP contribution in [0.1, 0.15) is 16.4 Å². The van der Waals surface area contributed by atoms with Crippen LogP contribution in [-0.4, -0.2) is 5.17 Å². The lowest BCUT2D eigenvalue weighted by Gasteiger charge is -2.17. The molecule has 3 aromatic rings. The van der Waals surface area contributed by atoms with Gasteiger partial charge < -0.3 is 5.73 Å². The van der Waals surface area contributed by atoms with Gasteiger partial charge in [-0.25, -0.2) is 4.99 Å². The van der Waals surface area contributed by atoms with Crippen LogP contribution in [0.25, 0.3) is 0 Å². The first kappa shape index (κ1) is 17.9. The molecule has 3 rings (SSSR count). The smallest absolute Gasteiger partial charge is 0.160 e. The number of amidine groups is 1. The van der Waals surface area contributed by atoms with Gasteiger partial charge in [0.1, 0.15) is 0 Å². The van der Waals surface area contributed by atoms with Gasteiger partial charge in [-0.2, -0.15) is 0 Å². The van der Waals surface area contributed by atoms with Gasteiger partial charge in [0.25, 0.3) is 0 Å². The number of aliphatic imine (C=N–C) groups is 1. The lowest BCUT2D eigenvalue weighted by atomic mass is 10.0. The van der Waals surface area contributed by atoms with Crippen LogP contribution < -0.4 is 5.73 Å². The lowest BCUT2D eigenvalue weighted by Crippen LogP contribution is -2.10. The Morgan fingerprint density at radius 3 is 1.88 bits per heavy atom. The summed E-state index contributed by atoms with van der Waals surface area (Å²) < 4.78 is 0. The summed E-state index contributed by atoms with van der Waals surface area (Å²) in [5.74, 6) is 0. The summed E-state index contributed by atoms with van der Waals surface area (Å²) in [5.41, 5.74) is 9.26. The molecule has 0 aliphatic carbocycles. The molecule has 0 aliphatic rings. The van der Waals surface area contributed by atoms with Gasteiger partial charge in [-0.3, -0.25) is 0 Å². The molecule has 0 aromatic heterocycles. The quantitative estimate of drug-likeness (QED) is 0.412. The zero-order valence-corrected chi connectivity index (χ0v) is 15.6. The minimum Gasteiger partial charge on any atom is -0.378 e. The molecule has 0 aliphatic heterocycles. The Morgan fingerprint density at radius 2 is 1.28 bits per heavy atom. The largest absolute Gasteiger partial charge is 0.378 e. The van der Waals surface area contributed by atoms with E-state index < -0.39 is 0 Å². The van der Waals surface area contributed by atoms with Crippen molar-refractivity contribution >= 4 is 45.8 Å². The Morgan fingerprint density at radius 1 is 0.760 bits per heavy atom. The number of nitrogens with zero attached hydrogens (tertiary/aromatic N) is 1. The fourth-order valence-electron chi connectivity index (χ4n) is 2.38. The number of halogens is 2. The molecule has 0 saturated heterocycles. The van der Waals surface area contributed by atoms with Gasteiger partial charge in [0.15, 0.2) is 5.17 Å². The molecule has 0 fully saturated rings. The van der Waals surface area contributed by atoms with Gasteiger partial charge in [-0.05, 0) is 47.5 Å². The Hall–Kier alpha value is -1.94. The van der Waals surface area contributed by atoms with Crippen molar-refractivity contribution in [1.29, 1.82) is 0 Å². The molecule has 0 bridgehead atoms. The van der Waals surface area contributed by atoms with Crippen LogP contribution >= 0.6 is 35.0 Å². The molecule has 0 radical (unpaired) electrons. The van der Waals surface area contributed by atoms with E-state index in [0.717, 1.165) is 16.8 Å². The summed E-state index contributed by atoms with van der Waals surface area (Å²) in [4.78, 5) is 4.48. The Balaban J connectivity index is 1.89. The van der Waals surface area contributed by atoms with Crippen LogP contribution in [0.3, 0.4) is 0 Å². The molecule has 1 atom stereocenters. The molecule has 0 heterocycles.